The Bertz CT molecular complexity index is 941. The van der Waals surface area contributed by atoms with Gasteiger partial charge in [0.25, 0.3) is 5.91 Å². The van der Waals surface area contributed by atoms with Gasteiger partial charge in [0.2, 0.25) is 5.88 Å². The van der Waals surface area contributed by atoms with Crippen molar-refractivity contribution in [2.45, 2.75) is 12.7 Å². The number of alkyl halides is 3. The van der Waals surface area contributed by atoms with Gasteiger partial charge in [0.15, 0.2) is 5.69 Å². The zero-order valence-corrected chi connectivity index (χ0v) is 14.1. The van der Waals surface area contributed by atoms with E-state index in [2.05, 4.69) is 20.4 Å². The highest BCUT2D eigenvalue weighted by molar-refractivity contribution is 5.94. The summed E-state index contributed by atoms with van der Waals surface area (Å²) in [5.41, 5.74) is -0.495. The molecule has 0 bridgehead atoms. The molecule has 10 heteroatoms. The summed E-state index contributed by atoms with van der Waals surface area (Å²) in [6, 6.07) is 7.21. The fraction of sp³-hybridized carbons (Fsp3) is 0.176. The van der Waals surface area contributed by atoms with Gasteiger partial charge >= 0.3 is 6.18 Å². The number of hydrogen-bond acceptors (Lipinski definition) is 5. The van der Waals surface area contributed by atoms with Crippen LogP contribution < -0.4 is 10.1 Å². The first kappa shape index (κ1) is 18.4. The van der Waals surface area contributed by atoms with Gasteiger partial charge in [-0.15, -0.1) is 0 Å². The molecule has 1 amide bonds. The minimum Gasteiger partial charge on any atom is -0.437 e. The van der Waals surface area contributed by atoms with E-state index in [1.807, 2.05) is 0 Å². The van der Waals surface area contributed by atoms with E-state index < -0.39 is 17.8 Å². The number of amides is 1. The Labute approximate surface area is 151 Å². The highest BCUT2D eigenvalue weighted by Gasteiger charge is 2.34. The Kier molecular flexibility index (Phi) is 5.06. The SMILES string of the molecule is Cn1nc(C(F)(F)F)cc1CNC(=O)c1cccc(Oc2cnccn2)c1. The number of nitrogens with one attached hydrogen (secondary N) is 1. The van der Waals surface area contributed by atoms with Crippen molar-refractivity contribution in [1.29, 1.82) is 0 Å². The minimum atomic E-state index is -4.54. The summed E-state index contributed by atoms with van der Waals surface area (Å²) < 4.78 is 44.6. The number of ether oxygens (including phenoxy) is 1. The predicted octanol–water partition coefficient (Wildman–Crippen LogP) is 2.95. The van der Waals surface area contributed by atoms with E-state index in [1.165, 1.54) is 31.7 Å². The van der Waals surface area contributed by atoms with Gasteiger partial charge in [-0.3, -0.25) is 14.5 Å². The Hall–Kier alpha value is -3.43. The molecule has 27 heavy (non-hydrogen) atoms. The fourth-order valence-electron chi connectivity index (χ4n) is 2.24. The molecule has 0 aliphatic carbocycles. The molecule has 0 saturated carbocycles. The summed E-state index contributed by atoms with van der Waals surface area (Å²) in [5, 5.41) is 5.96. The van der Waals surface area contributed by atoms with Crippen molar-refractivity contribution >= 4 is 5.91 Å². The second-order valence-corrected chi connectivity index (χ2v) is 5.50. The predicted molar refractivity (Wildman–Crippen MR) is 87.9 cm³/mol. The minimum absolute atomic E-state index is 0.104. The number of benzene rings is 1. The van der Waals surface area contributed by atoms with Crippen molar-refractivity contribution in [2.24, 2.45) is 7.05 Å². The molecule has 3 aromatic rings. The Balaban J connectivity index is 1.66. The van der Waals surface area contributed by atoms with Gasteiger partial charge in [-0.2, -0.15) is 18.3 Å². The van der Waals surface area contributed by atoms with Gasteiger partial charge < -0.3 is 10.1 Å². The average molecular weight is 377 g/mol. The molecule has 0 aliphatic heterocycles. The number of aromatic nitrogens is 4. The van der Waals surface area contributed by atoms with Crippen LogP contribution in [0.15, 0.2) is 48.9 Å². The molecule has 0 aliphatic rings. The van der Waals surface area contributed by atoms with Crippen molar-refractivity contribution in [3.63, 3.8) is 0 Å². The van der Waals surface area contributed by atoms with Crippen molar-refractivity contribution < 1.29 is 22.7 Å². The number of nitrogens with zero attached hydrogens (tertiary/aromatic N) is 4. The van der Waals surface area contributed by atoms with Crippen LogP contribution in [-0.2, 0) is 19.8 Å². The summed E-state index contributed by atoms with van der Waals surface area (Å²) in [6.07, 6.45) is -0.145. The second-order valence-electron chi connectivity index (χ2n) is 5.50. The second kappa shape index (κ2) is 7.44. The molecule has 3 rings (SSSR count). The first-order valence-corrected chi connectivity index (χ1v) is 7.75. The molecule has 2 heterocycles. The molecule has 0 fully saturated rings. The van der Waals surface area contributed by atoms with Gasteiger partial charge in [0.05, 0.1) is 18.4 Å². The Morgan fingerprint density at radius 2 is 2.07 bits per heavy atom. The number of carbonyl (C=O) groups is 1. The molecule has 0 spiro atoms. The molecule has 1 N–H and O–H groups in total. The molecular formula is C17H14F3N5O2. The summed E-state index contributed by atoms with van der Waals surface area (Å²) in [6.45, 7) is -0.104. The van der Waals surface area contributed by atoms with Crippen molar-refractivity contribution in [3.8, 4) is 11.6 Å². The van der Waals surface area contributed by atoms with E-state index in [-0.39, 0.29) is 23.7 Å². The molecule has 0 radical (unpaired) electrons. The van der Waals surface area contributed by atoms with Crippen LogP contribution in [0, 0.1) is 0 Å². The lowest BCUT2D eigenvalue weighted by Crippen LogP contribution is -2.24. The van der Waals surface area contributed by atoms with Crippen LogP contribution in [0.4, 0.5) is 13.2 Å². The standard InChI is InChI=1S/C17H14F3N5O2/c1-25-12(8-14(24-25)17(18,19)20)9-23-16(26)11-3-2-4-13(7-11)27-15-10-21-5-6-22-15/h2-8,10H,9H2,1H3,(H,23,26). The number of rotatable bonds is 5. The molecule has 2 aromatic heterocycles. The van der Waals surface area contributed by atoms with E-state index in [0.29, 0.717) is 5.75 Å². The first-order valence-electron chi connectivity index (χ1n) is 7.75. The molecule has 140 valence electrons. The van der Waals surface area contributed by atoms with E-state index in [9.17, 15) is 18.0 Å². The van der Waals surface area contributed by atoms with Crippen LogP contribution in [0.5, 0.6) is 11.6 Å². The summed E-state index contributed by atoms with van der Waals surface area (Å²) >= 11 is 0. The zero-order valence-electron chi connectivity index (χ0n) is 14.1. The van der Waals surface area contributed by atoms with E-state index >= 15 is 0 Å². The monoisotopic (exact) mass is 377 g/mol. The van der Waals surface area contributed by atoms with E-state index in [1.54, 1.807) is 18.2 Å². The van der Waals surface area contributed by atoms with E-state index in [4.69, 9.17) is 4.74 Å². The normalized spacial score (nSPS) is 11.3. The van der Waals surface area contributed by atoms with Crippen molar-refractivity contribution in [1.82, 2.24) is 25.1 Å². The Morgan fingerprint density at radius 1 is 1.26 bits per heavy atom. The zero-order chi connectivity index (χ0) is 19.4. The maximum Gasteiger partial charge on any atom is 0.435 e. The molecule has 7 nitrogen and oxygen atoms in total. The van der Waals surface area contributed by atoms with Gasteiger partial charge in [-0.25, -0.2) is 4.98 Å². The van der Waals surface area contributed by atoms with Crippen LogP contribution >= 0.6 is 0 Å². The summed E-state index contributed by atoms with van der Waals surface area (Å²) in [5.74, 6) is 0.182. The summed E-state index contributed by atoms with van der Waals surface area (Å²) in [4.78, 5) is 20.1. The highest BCUT2D eigenvalue weighted by atomic mass is 19.4. The summed E-state index contributed by atoms with van der Waals surface area (Å²) in [7, 11) is 1.38. The van der Waals surface area contributed by atoms with Crippen LogP contribution in [0.3, 0.4) is 0 Å². The third kappa shape index (κ3) is 4.60. The smallest absolute Gasteiger partial charge is 0.435 e. The average Bonchev–Trinajstić information content (AvgIpc) is 3.02. The van der Waals surface area contributed by atoms with Crippen molar-refractivity contribution in [3.05, 3.63) is 65.9 Å². The number of hydrogen-bond donors (Lipinski definition) is 1. The van der Waals surface area contributed by atoms with Gasteiger partial charge in [-0.05, 0) is 24.3 Å². The van der Waals surface area contributed by atoms with Crippen LogP contribution in [-0.4, -0.2) is 25.7 Å². The third-order valence-electron chi connectivity index (χ3n) is 3.56. The van der Waals surface area contributed by atoms with Gasteiger partial charge in [0, 0.05) is 25.0 Å². The molecule has 0 atom stereocenters. The molecule has 0 unspecified atom stereocenters. The Morgan fingerprint density at radius 3 is 2.74 bits per heavy atom. The largest absolute Gasteiger partial charge is 0.437 e. The lowest BCUT2D eigenvalue weighted by atomic mass is 10.2. The van der Waals surface area contributed by atoms with Crippen LogP contribution in [0.2, 0.25) is 0 Å². The highest BCUT2D eigenvalue weighted by Crippen LogP contribution is 2.28. The van der Waals surface area contributed by atoms with E-state index in [0.717, 1.165) is 10.7 Å². The maximum atomic E-state index is 12.7. The topological polar surface area (TPSA) is 81.9 Å². The van der Waals surface area contributed by atoms with Crippen molar-refractivity contribution in [2.75, 3.05) is 0 Å². The van der Waals surface area contributed by atoms with Crippen LogP contribution in [0.25, 0.3) is 0 Å². The fourth-order valence-corrected chi connectivity index (χ4v) is 2.24. The first-order chi connectivity index (χ1) is 12.8. The number of aryl methyl sites for hydroxylation is 1. The number of carbonyl (C=O) groups excluding carboxylic acids is 1. The lowest BCUT2D eigenvalue weighted by molar-refractivity contribution is -0.141. The molecule has 0 saturated heterocycles. The van der Waals surface area contributed by atoms with Crippen LogP contribution in [0.1, 0.15) is 21.7 Å². The van der Waals surface area contributed by atoms with Gasteiger partial charge in [-0.1, -0.05) is 6.07 Å². The quantitative estimate of drug-likeness (QED) is 0.739. The number of halogens is 3. The van der Waals surface area contributed by atoms with Gasteiger partial charge in [0.1, 0.15) is 5.75 Å². The maximum absolute atomic E-state index is 12.7. The molecule has 1 aromatic carbocycles. The molecular weight excluding hydrogens is 363 g/mol. The lowest BCUT2D eigenvalue weighted by Gasteiger charge is -2.08. The third-order valence-corrected chi connectivity index (χ3v) is 3.56.